The highest BCUT2D eigenvalue weighted by molar-refractivity contribution is 7.52. The third-order valence-corrected chi connectivity index (χ3v) is 8.41. The monoisotopic (exact) mass is 622 g/mol. The van der Waals surface area contributed by atoms with Crippen LogP contribution in [-0.4, -0.2) is 68.2 Å². The van der Waals surface area contributed by atoms with Crippen molar-refractivity contribution in [2.24, 2.45) is 5.92 Å². The van der Waals surface area contributed by atoms with Gasteiger partial charge in [-0.3, -0.25) is 14.1 Å². The maximum atomic E-state index is 16.7. The summed E-state index contributed by atoms with van der Waals surface area (Å²) in [5.41, 5.74) is 2.39. The molecule has 16 heteroatoms. The summed E-state index contributed by atoms with van der Waals surface area (Å²) in [7, 11) is -4.39. The van der Waals surface area contributed by atoms with Gasteiger partial charge < -0.3 is 24.5 Å². The van der Waals surface area contributed by atoms with Crippen LogP contribution in [0.3, 0.4) is 0 Å². The van der Waals surface area contributed by atoms with Crippen molar-refractivity contribution in [3.05, 3.63) is 48.5 Å². The molecule has 5 unspecified atom stereocenters. The van der Waals surface area contributed by atoms with Gasteiger partial charge in [-0.05, 0) is 39.8 Å². The third-order valence-electron chi connectivity index (χ3n) is 6.64. The molecule has 1 saturated heterocycles. The first-order valence-corrected chi connectivity index (χ1v) is 15.2. The average Bonchev–Trinajstić information content (AvgIpc) is 3.46. The van der Waals surface area contributed by atoms with Crippen LogP contribution in [-0.2, 0) is 32.9 Å². The fraction of sp³-hybridized carbons (Fsp3) is 0.519. The number of hydrogen-bond donors (Lipinski definition) is 2. The minimum absolute atomic E-state index is 0.0664. The van der Waals surface area contributed by atoms with Gasteiger partial charge in [0.05, 0.1) is 31.0 Å². The van der Waals surface area contributed by atoms with E-state index in [4.69, 9.17) is 29.0 Å². The zero-order valence-electron chi connectivity index (χ0n) is 24.7. The number of fused-ring (bicyclic) bond motifs is 1. The van der Waals surface area contributed by atoms with E-state index in [1.54, 1.807) is 51.1 Å². The zero-order valence-corrected chi connectivity index (χ0v) is 25.6. The number of halogens is 1. The van der Waals surface area contributed by atoms with Gasteiger partial charge in [0, 0.05) is 0 Å². The first kappa shape index (κ1) is 32.3. The number of nitrogens with zero attached hydrogens (tertiary/aromatic N) is 4. The highest BCUT2D eigenvalue weighted by Crippen LogP contribution is 2.50. The van der Waals surface area contributed by atoms with Crippen LogP contribution in [0.5, 0.6) is 5.75 Å². The molecular formula is C27H36FN6O8P. The fourth-order valence-corrected chi connectivity index (χ4v) is 6.11. The molecule has 0 spiro atoms. The average molecular weight is 623 g/mol. The molecule has 0 radical (unpaired) electrons. The van der Waals surface area contributed by atoms with Crippen LogP contribution in [0.1, 0.15) is 53.3 Å². The van der Waals surface area contributed by atoms with E-state index in [1.807, 2.05) is 0 Å². The van der Waals surface area contributed by atoms with Crippen molar-refractivity contribution in [3.8, 4) is 5.75 Å². The maximum Gasteiger partial charge on any atom is 0.459 e. The Morgan fingerprint density at radius 1 is 1.26 bits per heavy atom. The number of carbonyl (C=O) groups is 2. The molecule has 1 aromatic carbocycles. The summed E-state index contributed by atoms with van der Waals surface area (Å²) >= 11 is 0. The van der Waals surface area contributed by atoms with Gasteiger partial charge in [-0.2, -0.15) is 10.2 Å². The number of para-hydroxylation sites is 1. The van der Waals surface area contributed by atoms with Crippen molar-refractivity contribution in [2.75, 3.05) is 18.9 Å². The van der Waals surface area contributed by atoms with Crippen molar-refractivity contribution in [2.45, 2.75) is 71.1 Å². The van der Waals surface area contributed by atoms with Crippen LogP contribution in [0.2, 0.25) is 0 Å². The van der Waals surface area contributed by atoms with Gasteiger partial charge in [0.1, 0.15) is 29.8 Å². The predicted octanol–water partition coefficient (Wildman–Crippen LogP) is 3.58. The molecule has 3 aromatic rings. The lowest BCUT2D eigenvalue weighted by Gasteiger charge is -2.30. The topological polar surface area (TPSA) is 178 Å². The van der Waals surface area contributed by atoms with E-state index in [1.165, 1.54) is 37.8 Å². The number of nitrogen functional groups attached to an aromatic ring is 1. The predicted molar refractivity (Wildman–Crippen MR) is 152 cm³/mol. The number of hydrogen-bond acceptors (Lipinski definition) is 12. The Morgan fingerprint density at radius 2 is 1.95 bits per heavy atom. The molecular weight excluding hydrogens is 586 g/mol. The number of nitrogens with one attached hydrogen (secondary N) is 1. The number of ether oxygens (including phenoxy) is 3. The van der Waals surface area contributed by atoms with Crippen LogP contribution in [0.15, 0.2) is 42.9 Å². The molecule has 0 saturated carbocycles. The molecule has 43 heavy (non-hydrogen) atoms. The Labute approximate surface area is 248 Å². The van der Waals surface area contributed by atoms with Crippen molar-refractivity contribution < 1.29 is 41.8 Å². The minimum Gasteiger partial charge on any atom is -0.465 e. The van der Waals surface area contributed by atoms with Crippen molar-refractivity contribution in [3.63, 3.8) is 0 Å². The van der Waals surface area contributed by atoms with Gasteiger partial charge in [0.2, 0.25) is 0 Å². The standard InChI is InChI=1S/C27H36FN6O8P/c1-7-38-25(36)26(4,5)33-43(37,42-17-11-9-8-10-12-17)39-14-19-21(41-24(35)16(2)3)27(6,28)20(40-19)18-13-30-23-22(29)31-15-32-34(18)23/h8-13,15-16,19-21H,7,14H2,1-6H3,(H,33,37)(H2,29,31,32). The SMILES string of the molecule is CCOC(=O)C(C)(C)NP(=O)(OCC1OC(c2cnc3c(N)ncnn23)C(C)(F)C1OC(=O)C(C)C)Oc1ccccc1. The highest BCUT2D eigenvalue weighted by Gasteiger charge is 2.59. The van der Waals surface area contributed by atoms with Crippen molar-refractivity contribution in [1.82, 2.24) is 24.7 Å². The molecule has 234 valence electrons. The second-order valence-electron chi connectivity index (χ2n) is 10.9. The number of carbonyl (C=O) groups excluding carboxylic acids is 2. The Hall–Kier alpha value is -3.65. The van der Waals surface area contributed by atoms with Crippen LogP contribution in [0.25, 0.3) is 5.65 Å². The third kappa shape index (κ3) is 6.96. The molecule has 4 rings (SSSR count). The molecule has 0 amide bonds. The van der Waals surface area contributed by atoms with Gasteiger partial charge in [-0.25, -0.2) is 23.4 Å². The summed E-state index contributed by atoms with van der Waals surface area (Å²) in [6.07, 6.45) is -1.65. The number of imidazole rings is 1. The first-order chi connectivity index (χ1) is 20.2. The second-order valence-corrected chi connectivity index (χ2v) is 12.6. The number of esters is 2. The van der Waals surface area contributed by atoms with Gasteiger partial charge in [0.15, 0.2) is 23.2 Å². The lowest BCUT2D eigenvalue weighted by molar-refractivity contribution is -0.162. The normalized spacial score (nSPS) is 23.7. The minimum atomic E-state index is -4.39. The number of nitrogens with two attached hydrogens (primary N) is 1. The Kier molecular flexibility index (Phi) is 9.40. The van der Waals surface area contributed by atoms with Crippen LogP contribution < -0.4 is 15.3 Å². The molecule has 0 bridgehead atoms. The van der Waals surface area contributed by atoms with Gasteiger partial charge in [0.25, 0.3) is 0 Å². The van der Waals surface area contributed by atoms with E-state index in [-0.39, 0.29) is 29.5 Å². The van der Waals surface area contributed by atoms with E-state index >= 15 is 4.39 Å². The number of rotatable bonds is 12. The molecule has 2 aromatic heterocycles. The van der Waals surface area contributed by atoms with E-state index in [2.05, 4.69) is 20.2 Å². The molecule has 3 N–H and O–H groups in total. The van der Waals surface area contributed by atoms with Crippen LogP contribution in [0.4, 0.5) is 10.2 Å². The summed E-state index contributed by atoms with van der Waals surface area (Å²) in [6, 6.07) is 8.13. The number of aromatic nitrogens is 4. The highest BCUT2D eigenvalue weighted by atomic mass is 31.2. The quantitative estimate of drug-likeness (QED) is 0.221. The van der Waals surface area contributed by atoms with Gasteiger partial charge in [-0.15, -0.1) is 0 Å². The summed E-state index contributed by atoms with van der Waals surface area (Å²) in [4.78, 5) is 33.3. The van der Waals surface area contributed by atoms with E-state index in [0.717, 1.165) is 0 Å². The van der Waals surface area contributed by atoms with Crippen molar-refractivity contribution in [1.29, 1.82) is 0 Å². The summed E-state index contributed by atoms with van der Waals surface area (Å²) in [5, 5.41) is 6.74. The van der Waals surface area contributed by atoms with Crippen LogP contribution in [0, 0.1) is 5.92 Å². The molecule has 3 heterocycles. The zero-order chi connectivity index (χ0) is 31.6. The summed E-state index contributed by atoms with van der Waals surface area (Å²) in [5.74, 6) is -1.74. The molecule has 14 nitrogen and oxygen atoms in total. The summed E-state index contributed by atoms with van der Waals surface area (Å²) in [6.45, 7) is 8.45. The molecule has 1 aliphatic heterocycles. The largest absolute Gasteiger partial charge is 0.465 e. The lowest BCUT2D eigenvalue weighted by Crippen LogP contribution is -2.48. The van der Waals surface area contributed by atoms with Crippen LogP contribution >= 0.6 is 7.75 Å². The van der Waals surface area contributed by atoms with E-state index in [0.29, 0.717) is 0 Å². The van der Waals surface area contributed by atoms with E-state index < -0.39 is 61.7 Å². The Morgan fingerprint density at radius 3 is 2.60 bits per heavy atom. The van der Waals surface area contributed by atoms with E-state index in [9.17, 15) is 14.2 Å². The van der Waals surface area contributed by atoms with Gasteiger partial charge >= 0.3 is 19.7 Å². The van der Waals surface area contributed by atoms with Crippen molar-refractivity contribution >= 4 is 31.2 Å². The number of benzene rings is 1. The number of anilines is 1. The first-order valence-electron chi connectivity index (χ1n) is 13.6. The lowest BCUT2D eigenvalue weighted by atomic mass is 9.93. The maximum absolute atomic E-state index is 16.7. The molecule has 1 aliphatic rings. The molecule has 1 fully saturated rings. The van der Waals surface area contributed by atoms with Gasteiger partial charge in [-0.1, -0.05) is 32.0 Å². The Balaban J connectivity index is 1.67. The number of alkyl halides is 1. The smallest absolute Gasteiger partial charge is 0.459 e. The fourth-order valence-electron chi connectivity index (χ4n) is 4.43. The second kappa shape index (κ2) is 12.5. The summed E-state index contributed by atoms with van der Waals surface area (Å²) < 4.78 is 60.4. The molecule has 5 atom stereocenters. The molecule has 0 aliphatic carbocycles. The Bertz CT molecular complexity index is 1500.